The van der Waals surface area contributed by atoms with Gasteiger partial charge in [-0.2, -0.15) is 0 Å². The maximum absolute atomic E-state index is 11.6. The van der Waals surface area contributed by atoms with Crippen LogP contribution in [0, 0.1) is 0 Å². The lowest BCUT2D eigenvalue weighted by Crippen LogP contribution is -2.34. The van der Waals surface area contributed by atoms with Crippen molar-refractivity contribution in [3.63, 3.8) is 0 Å². The van der Waals surface area contributed by atoms with E-state index in [0.717, 1.165) is 12.8 Å². The Hall–Kier alpha value is -0.685. The Bertz CT molecular complexity index is 172. The molecule has 1 amide bonds. The molecule has 0 aliphatic rings. The van der Waals surface area contributed by atoms with Crippen LogP contribution in [0.2, 0.25) is 6.32 Å². The number of nitrogens with zero attached hydrogens (tertiary/aromatic N) is 1. The first-order chi connectivity index (χ1) is 7.23. The fourth-order valence-corrected chi connectivity index (χ4v) is 1.45. The third-order valence-electron chi connectivity index (χ3n) is 2.38. The molecule has 0 fully saturated rings. The van der Waals surface area contributed by atoms with Crippen molar-refractivity contribution >= 4 is 13.5 Å². The van der Waals surface area contributed by atoms with Crippen LogP contribution in [0.5, 0.6) is 0 Å². The zero-order valence-corrected chi connectivity index (χ0v) is 8.99. The van der Waals surface area contributed by atoms with E-state index in [1.165, 1.54) is 0 Å². The molecule has 0 aromatic rings. The summed E-state index contributed by atoms with van der Waals surface area (Å²) in [6.07, 6.45) is 1.95. The first kappa shape index (κ1) is 14.3. The molecule has 7 heteroatoms. The molecule has 4 nitrogen and oxygen atoms in total. The average Bonchev–Trinajstić information content (AvgIpc) is 2.29. The summed E-state index contributed by atoms with van der Waals surface area (Å²) in [4.78, 5) is 18.7. The van der Waals surface area contributed by atoms with Gasteiger partial charge in [0.05, 0.1) is 0 Å². The molecule has 0 N–H and O–H groups in total. The highest BCUT2D eigenvalue weighted by Crippen LogP contribution is 2.13. The predicted octanol–water partition coefficient (Wildman–Crippen LogP) is 1.92. The molecular weight excluding hydrogens is 207 g/mol. The van der Waals surface area contributed by atoms with E-state index in [2.05, 4.69) is 9.72 Å². The lowest BCUT2D eigenvalue weighted by molar-refractivity contribution is -0.120. The van der Waals surface area contributed by atoms with Gasteiger partial charge in [-0.1, -0.05) is 16.0 Å². The van der Waals surface area contributed by atoms with E-state index >= 15 is 0 Å². The SMILES string of the molecule is CCC(CCB(OF)OF)N(C=O)CC. The molecule has 0 radical (unpaired) electrons. The Morgan fingerprint density at radius 1 is 1.40 bits per heavy atom. The number of amides is 1. The Kier molecular flexibility index (Phi) is 8.22. The Balaban J connectivity index is 4.02. The minimum atomic E-state index is -1.50. The summed E-state index contributed by atoms with van der Waals surface area (Å²) in [5.41, 5.74) is 0. The van der Waals surface area contributed by atoms with Gasteiger partial charge in [-0.15, -0.1) is 0 Å². The molecule has 0 aliphatic heterocycles. The molecule has 0 rings (SSSR count). The van der Waals surface area contributed by atoms with Gasteiger partial charge in [0.1, 0.15) is 0 Å². The second-order valence-corrected chi connectivity index (χ2v) is 3.18. The van der Waals surface area contributed by atoms with Crippen LogP contribution in [-0.2, 0) is 14.5 Å². The molecule has 0 heterocycles. The molecule has 0 aromatic carbocycles. The Labute approximate surface area is 88.5 Å². The fourth-order valence-electron chi connectivity index (χ4n) is 1.45. The molecule has 0 bridgehead atoms. The largest absolute Gasteiger partial charge is 0.535 e. The first-order valence-electron chi connectivity index (χ1n) is 4.99. The number of hydrogen-bond acceptors (Lipinski definition) is 3. The summed E-state index contributed by atoms with van der Waals surface area (Å²) in [5, 5.41) is 0. The van der Waals surface area contributed by atoms with Gasteiger partial charge in [0.25, 0.3) is 0 Å². The van der Waals surface area contributed by atoms with Gasteiger partial charge >= 0.3 is 7.12 Å². The molecule has 0 aromatic heterocycles. The summed E-state index contributed by atoms with van der Waals surface area (Å²) in [5.74, 6) is 0. The van der Waals surface area contributed by atoms with Crippen molar-refractivity contribution in [2.45, 2.75) is 39.1 Å². The van der Waals surface area contributed by atoms with Crippen LogP contribution < -0.4 is 0 Å². The molecule has 1 unspecified atom stereocenters. The quantitative estimate of drug-likeness (QED) is 0.442. The standard InChI is InChI=1S/C8H16BF2NO3/c1-3-8(12(4-2)7-13)5-6-9(14-10)15-11/h7-8H,3-6H2,1-2H3. The highest BCUT2D eigenvalue weighted by atomic mass is 19.3. The van der Waals surface area contributed by atoms with E-state index in [0.29, 0.717) is 13.0 Å². The van der Waals surface area contributed by atoms with Gasteiger partial charge in [0, 0.05) is 12.6 Å². The molecule has 88 valence electrons. The number of halogens is 2. The monoisotopic (exact) mass is 223 g/mol. The molecule has 0 aliphatic carbocycles. The Morgan fingerprint density at radius 3 is 2.33 bits per heavy atom. The van der Waals surface area contributed by atoms with Crippen LogP contribution in [0.15, 0.2) is 0 Å². The third kappa shape index (κ3) is 5.08. The molecule has 0 saturated carbocycles. The highest BCUT2D eigenvalue weighted by molar-refractivity contribution is 6.43. The van der Waals surface area contributed by atoms with E-state index in [9.17, 15) is 13.8 Å². The van der Waals surface area contributed by atoms with Gasteiger partial charge in [0.15, 0.2) is 0 Å². The second-order valence-electron chi connectivity index (χ2n) is 3.18. The molecule has 0 saturated heterocycles. The smallest absolute Gasteiger partial charge is 0.343 e. The lowest BCUT2D eigenvalue weighted by Gasteiger charge is -2.26. The summed E-state index contributed by atoms with van der Waals surface area (Å²) >= 11 is 0. The molecule has 1 atom stereocenters. The zero-order chi connectivity index (χ0) is 11.7. The summed E-state index contributed by atoms with van der Waals surface area (Å²) in [7, 11) is -1.50. The topological polar surface area (TPSA) is 38.8 Å². The van der Waals surface area contributed by atoms with Crippen molar-refractivity contribution in [3.05, 3.63) is 0 Å². The summed E-state index contributed by atoms with van der Waals surface area (Å²) in [6.45, 7) is 4.31. The maximum atomic E-state index is 11.6. The van der Waals surface area contributed by atoms with Crippen molar-refractivity contribution in [2.24, 2.45) is 0 Å². The van der Waals surface area contributed by atoms with E-state index in [1.54, 1.807) is 4.90 Å². The second kappa shape index (κ2) is 8.61. The highest BCUT2D eigenvalue weighted by Gasteiger charge is 2.24. The Morgan fingerprint density at radius 2 is 2.00 bits per heavy atom. The number of hydrogen-bond donors (Lipinski definition) is 0. The minimum absolute atomic E-state index is 0.0414. The number of carbonyl (C=O) groups is 1. The number of rotatable bonds is 9. The maximum Gasteiger partial charge on any atom is 0.535 e. The van der Waals surface area contributed by atoms with E-state index in [4.69, 9.17) is 0 Å². The van der Waals surface area contributed by atoms with Gasteiger partial charge in [-0.25, -0.2) is 9.72 Å². The summed E-state index contributed by atoms with van der Waals surface area (Å²) in [6, 6.07) is -0.0414. The normalized spacial score (nSPS) is 12.3. The van der Waals surface area contributed by atoms with Crippen molar-refractivity contribution < 1.29 is 23.6 Å². The van der Waals surface area contributed by atoms with Crippen molar-refractivity contribution in [1.82, 2.24) is 4.90 Å². The van der Waals surface area contributed by atoms with Crippen LogP contribution in [0.25, 0.3) is 0 Å². The lowest BCUT2D eigenvalue weighted by atomic mass is 9.82. The van der Waals surface area contributed by atoms with Crippen molar-refractivity contribution in [3.8, 4) is 0 Å². The van der Waals surface area contributed by atoms with E-state index < -0.39 is 7.12 Å². The van der Waals surface area contributed by atoms with Crippen LogP contribution >= 0.6 is 0 Å². The van der Waals surface area contributed by atoms with Crippen LogP contribution in [-0.4, -0.2) is 31.0 Å². The fraction of sp³-hybridized carbons (Fsp3) is 0.875. The van der Waals surface area contributed by atoms with Gasteiger partial charge in [-0.05, 0) is 26.1 Å². The van der Waals surface area contributed by atoms with Crippen LogP contribution in [0.1, 0.15) is 26.7 Å². The number of carbonyl (C=O) groups excluding carboxylic acids is 1. The van der Waals surface area contributed by atoms with Gasteiger partial charge in [-0.3, -0.25) is 4.79 Å². The molecule has 0 spiro atoms. The molecule has 15 heavy (non-hydrogen) atoms. The predicted molar refractivity (Wildman–Crippen MR) is 52.1 cm³/mol. The van der Waals surface area contributed by atoms with Gasteiger partial charge < -0.3 is 4.90 Å². The van der Waals surface area contributed by atoms with Crippen LogP contribution in [0.3, 0.4) is 0 Å². The summed E-state index contributed by atoms with van der Waals surface area (Å²) < 4.78 is 23.3. The minimum Gasteiger partial charge on any atom is -0.343 e. The van der Waals surface area contributed by atoms with E-state index in [1.807, 2.05) is 13.8 Å². The zero-order valence-electron chi connectivity index (χ0n) is 8.99. The average molecular weight is 223 g/mol. The van der Waals surface area contributed by atoms with Crippen LogP contribution in [0.4, 0.5) is 9.05 Å². The first-order valence-corrected chi connectivity index (χ1v) is 4.99. The van der Waals surface area contributed by atoms with E-state index in [-0.39, 0.29) is 12.4 Å². The van der Waals surface area contributed by atoms with Gasteiger partial charge in [0.2, 0.25) is 6.41 Å². The molecular formula is C8H16BF2NO3. The third-order valence-corrected chi connectivity index (χ3v) is 2.38. The van der Waals surface area contributed by atoms with Crippen molar-refractivity contribution in [1.29, 1.82) is 0 Å². The van der Waals surface area contributed by atoms with Crippen molar-refractivity contribution in [2.75, 3.05) is 6.54 Å².